The van der Waals surface area contributed by atoms with Crippen LogP contribution in [0.3, 0.4) is 0 Å². The summed E-state index contributed by atoms with van der Waals surface area (Å²) in [6.07, 6.45) is -4.79. The summed E-state index contributed by atoms with van der Waals surface area (Å²) in [6.45, 7) is 4.49. The van der Waals surface area contributed by atoms with Crippen molar-refractivity contribution in [3.05, 3.63) is 33.9 Å². The molecule has 20 heavy (non-hydrogen) atoms. The fourth-order valence-corrected chi connectivity index (χ4v) is 1.51. The number of ether oxygens (including phenoxy) is 1. The third kappa shape index (κ3) is 4.69. The van der Waals surface area contributed by atoms with Crippen molar-refractivity contribution in [2.75, 3.05) is 13.2 Å². The molecular weight excluding hydrogens is 277 g/mol. The van der Waals surface area contributed by atoms with Crippen molar-refractivity contribution < 1.29 is 22.8 Å². The number of halogens is 3. The van der Waals surface area contributed by atoms with Gasteiger partial charge >= 0.3 is 6.18 Å². The van der Waals surface area contributed by atoms with E-state index in [1.54, 1.807) is 0 Å². The van der Waals surface area contributed by atoms with Crippen LogP contribution in [0, 0.1) is 10.1 Å². The highest BCUT2D eigenvalue weighted by atomic mass is 19.4. The quantitative estimate of drug-likeness (QED) is 0.497. The highest BCUT2D eigenvalue weighted by Gasteiger charge is 2.38. The predicted molar refractivity (Wildman–Crippen MR) is 66.7 cm³/mol. The second kappa shape index (κ2) is 6.56. The molecule has 0 spiro atoms. The summed E-state index contributed by atoms with van der Waals surface area (Å²) in [5.74, 6) is -0.0477. The zero-order valence-corrected chi connectivity index (χ0v) is 11.0. The molecule has 0 saturated carbocycles. The highest BCUT2D eigenvalue weighted by Crippen LogP contribution is 2.38. The molecule has 8 heteroatoms. The lowest BCUT2D eigenvalue weighted by molar-refractivity contribution is -0.388. The fraction of sp³-hybridized carbons (Fsp3) is 0.500. The van der Waals surface area contributed by atoms with Crippen LogP contribution in [0.1, 0.15) is 19.4 Å². The maximum absolute atomic E-state index is 12.7. The Hall–Kier alpha value is -1.83. The molecule has 0 bridgehead atoms. The molecule has 0 aromatic heterocycles. The van der Waals surface area contributed by atoms with Crippen molar-refractivity contribution in [3.63, 3.8) is 0 Å². The molecule has 1 aromatic carbocycles. The summed E-state index contributed by atoms with van der Waals surface area (Å²) in [6, 6.07) is 2.84. The molecule has 112 valence electrons. The molecule has 1 N–H and O–H groups in total. The van der Waals surface area contributed by atoms with Gasteiger partial charge in [0.15, 0.2) is 0 Å². The van der Waals surface area contributed by atoms with Gasteiger partial charge < -0.3 is 10.1 Å². The van der Waals surface area contributed by atoms with E-state index in [1.807, 2.05) is 13.8 Å². The summed E-state index contributed by atoms with van der Waals surface area (Å²) in [5, 5.41) is 13.6. The lowest BCUT2D eigenvalue weighted by Crippen LogP contribution is -2.27. The van der Waals surface area contributed by atoms with E-state index in [2.05, 4.69) is 5.32 Å². The monoisotopic (exact) mass is 292 g/mol. The first-order valence-electron chi connectivity index (χ1n) is 5.93. The van der Waals surface area contributed by atoms with Crippen LogP contribution in [0.15, 0.2) is 18.2 Å². The Morgan fingerprint density at radius 1 is 1.40 bits per heavy atom. The van der Waals surface area contributed by atoms with Crippen LogP contribution in [-0.2, 0) is 6.18 Å². The summed E-state index contributed by atoms with van der Waals surface area (Å²) >= 11 is 0. The van der Waals surface area contributed by atoms with Crippen LogP contribution in [0.5, 0.6) is 5.75 Å². The van der Waals surface area contributed by atoms with Gasteiger partial charge in [-0.25, -0.2) is 0 Å². The summed E-state index contributed by atoms with van der Waals surface area (Å²) < 4.78 is 43.3. The molecule has 0 fully saturated rings. The minimum atomic E-state index is -4.79. The standard InChI is InChI=1S/C12H15F3N2O3/c1-8(2)16-5-6-20-9-3-4-11(17(18)19)10(7-9)12(13,14)15/h3-4,7-8,16H,5-6H2,1-2H3. The van der Waals surface area contributed by atoms with Crippen LogP contribution >= 0.6 is 0 Å². The molecular formula is C12H15F3N2O3. The topological polar surface area (TPSA) is 64.4 Å². The van der Waals surface area contributed by atoms with Gasteiger partial charge in [0.1, 0.15) is 17.9 Å². The zero-order chi connectivity index (χ0) is 15.3. The molecule has 0 aliphatic carbocycles. The van der Waals surface area contributed by atoms with Crippen LogP contribution in [0.2, 0.25) is 0 Å². The summed E-state index contributed by atoms with van der Waals surface area (Å²) in [4.78, 5) is 9.51. The summed E-state index contributed by atoms with van der Waals surface area (Å²) in [7, 11) is 0. The van der Waals surface area contributed by atoms with Crippen molar-refractivity contribution in [1.29, 1.82) is 0 Å². The van der Waals surface area contributed by atoms with Crippen LogP contribution in [0.4, 0.5) is 18.9 Å². The SMILES string of the molecule is CC(C)NCCOc1ccc([N+](=O)[O-])c(C(F)(F)F)c1. The summed E-state index contributed by atoms with van der Waals surface area (Å²) in [5.41, 5.74) is -2.29. The van der Waals surface area contributed by atoms with Gasteiger partial charge in [-0.1, -0.05) is 13.8 Å². The minimum absolute atomic E-state index is 0.0477. The van der Waals surface area contributed by atoms with Gasteiger partial charge in [0.2, 0.25) is 0 Å². The second-order valence-corrected chi connectivity index (χ2v) is 4.39. The second-order valence-electron chi connectivity index (χ2n) is 4.39. The van der Waals surface area contributed by atoms with Gasteiger partial charge in [-0.2, -0.15) is 13.2 Å². The van der Waals surface area contributed by atoms with Crippen molar-refractivity contribution in [3.8, 4) is 5.75 Å². The molecule has 0 heterocycles. The maximum atomic E-state index is 12.7. The Labute approximate surface area is 113 Å². The van der Waals surface area contributed by atoms with E-state index in [9.17, 15) is 23.3 Å². The number of nitrogens with one attached hydrogen (secondary N) is 1. The van der Waals surface area contributed by atoms with E-state index in [0.29, 0.717) is 12.6 Å². The lowest BCUT2D eigenvalue weighted by atomic mass is 10.1. The number of rotatable bonds is 6. The molecule has 5 nitrogen and oxygen atoms in total. The third-order valence-electron chi connectivity index (χ3n) is 2.39. The molecule has 1 rings (SSSR count). The fourth-order valence-electron chi connectivity index (χ4n) is 1.51. The molecule has 0 radical (unpaired) electrons. The van der Waals surface area contributed by atoms with E-state index in [0.717, 1.165) is 12.1 Å². The average molecular weight is 292 g/mol. The third-order valence-corrected chi connectivity index (χ3v) is 2.39. The minimum Gasteiger partial charge on any atom is -0.492 e. The highest BCUT2D eigenvalue weighted by molar-refractivity contribution is 5.46. The van der Waals surface area contributed by atoms with Crippen molar-refractivity contribution in [1.82, 2.24) is 5.32 Å². The van der Waals surface area contributed by atoms with Gasteiger partial charge in [0, 0.05) is 18.7 Å². The molecule has 0 atom stereocenters. The van der Waals surface area contributed by atoms with Crippen LogP contribution in [0.25, 0.3) is 0 Å². The van der Waals surface area contributed by atoms with Crippen molar-refractivity contribution in [2.24, 2.45) is 0 Å². The van der Waals surface area contributed by atoms with E-state index in [4.69, 9.17) is 4.74 Å². The smallest absolute Gasteiger partial charge is 0.423 e. The molecule has 0 aliphatic heterocycles. The van der Waals surface area contributed by atoms with Crippen LogP contribution in [-0.4, -0.2) is 24.1 Å². The van der Waals surface area contributed by atoms with Gasteiger partial charge in [-0.05, 0) is 12.1 Å². The average Bonchev–Trinajstić information content (AvgIpc) is 2.33. The van der Waals surface area contributed by atoms with E-state index >= 15 is 0 Å². The molecule has 0 aliphatic rings. The van der Waals surface area contributed by atoms with Crippen molar-refractivity contribution >= 4 is 5.69 Å². The molecule has 0 unspecified atom stereocenters. The predicted octanol–water partition coefficient (Wildman–Crippen LogP) is 2.99. The molecule has 0 saturated heterocycles. The normalized spacial score (nSPS) is 11.7. The Morgan fingerprint density at radius 3 is 2.55 bits per heavy atom. The number of alkyl halides is 3. The van der Waals surface area contributed by atoms with E-state index in [1.165, 1.54) is 0 Å². The first-order valence-corrected chi connectivity index (χ1v) is 5.93. The Bertz CT molecular complexity index is 476. The largest absolute Gasteiger partial charge is 0.492 e. The molecule has 0 amide bonds. The lowest BCUT2D eigenvalue weighted by Gasteiger charge is -2.12. The van der Waals surface area contributed by atoms with Gasteiger partial charge in [-0.3, -0.25) is 10.1 Å². The van der Waals surface area contributed by atoms with Gasteiger partial charge in [0.05, 0.1) is 4.92 Å². The Balaban J connectivity index is 2.83. The number of nitro benzene ring substituents is 1. The van der Waals surface area contributed by atoms with Gasteiger partial charge in [0.25, 0.3) is 5.69 Å². The first kappa shape index (κ1) is 16.2. The van der Waals surface area contributed by atoms with E-state index in [-0.39, 0.29) is 18.4 Å². The van der Waals surface area contributed by atoms with E-state index < -0.39 is 22.4 Å². The zero-order valence-electron chi connectivity index (χ0n) is 11.0. The number of hydrogen-bond acceptors (Lipinski definition) is 4. The number of hydrogen-bond donors (Lipinski definition) is 1. The first-order chi connectivity index (χ1) is 9.21. The number of nitro groups is 1. The number of benzene rings is 1. The molecule has 1 aromatic rings. The number of nitrogens with zero attached hydrogens (tertiary/aromatic N) is 1. The van der Waals surface area contributed by atoms with Gasteiger partial charge in [-0.15, -0.1) is 0 Å². The Kier molecular flexibility index (Phi) is 5.32. The maximum Gasteiger partial charge on any atom is 0.423 e. The Morgan fingerprint density at radius 2 is 2.05 bits per heavy atom. The van der Waals surface area contributed by atoms with Crippen molar-refractivity contribution in [2.45, 2.75) is 26.1 Å². The van der Waals surface area contributed by atoms with Crippen LogP contribution < -0.4 is 10.1 Å².